The number of aromatic nitrogens is 4. The van der Waals surface area contributed by atoms with Gasteiger partial charge in [0, 0.05) is 24.5 Å². The zero-order valence-corrected chi connectivity index (χ0v) is 16.6. The van der Waals surface area contributed by atoms with E-state index in [4.69, 9.17) is 4.74 Å². The lowest BCUT2D eigenvalue weighted by molar-refractivity contribution is 0.101. The van der Waals surface area contributed by atoms with Crippen LogP contribution in [0.4, 0.5) is 14.6 Å². The summed E-state index contributed by atoms with van der Waals surface area (Å²) in [6, 6.07) is 14.3. The van der Waals surface area contributed by atoms with Gasteiger partial charge in [0.2, 0.25) is 0 Å². The molecule has 158 valence electrons. The number of anilines is 1. The molecule has 0 fully saturated rings. The maximum absolute atomic E-state index is 13.6. The number of benzene rings is 2. The van der Waals surface area contributed by atoms with Gasteiger partial charge in [0.15, 0.2) is 29.8 Å². The van der Waals surface area contributed by atoms with E-state index in [2.05, 4.69) is 21.6 Å². The second-order valence-electron chi connectivity index (χ2n) is 6.93. The molecule has 1 N–H and O–H groups in total. The molecule has 0 aliphatic rings. The van der Waals surface area contributed by atoms with E-state index in [1.54, 1.807) is 16.9 Å². The summed E-state index contributed by atoms with van der Waals surface area (Å²) in [5, 5.41) is 11.1. The van der Waals surface area contributed by atoms with Gasteiger partial charge >= 0.3 is 0 Å². The van der Waals surface area contributed by atoms with E-state index in [-0.39, 0.29) is 18.2 Å². The zero-order chi connectivity index (χ0) is 21.8. The molecule has 0 saturated carbocycles. The van der Waals surface area contributed by atoms with Crippen LogP contribution in [0.2, 0.25) is 0 Å². The smallest absolute Gasteiger partial charge is 0.277 e. The number of ether oxygens (including phenoxy) is 1. The molecule has 0 atom stereocenters. The van der Waals surface area contributed by atoms with Crippen LogP contribution in [-0.2, 0) is 13.3 Å². The van der Waals surface area contributed by atoms with E-state index >= 15 is 0 Å². The molecule has 2 aromatic heterocycles. The second-order valence-corrected chi connectivity index (χ2v) is 6.93. The van der Waals surface area contributed by atoms with E-state index in [1.165, 1.54) is 28.6 Å². The first kappa shape index (κ1) is 20.3. The highest BCUT2D eigenvalue weighted by Crippen LogP contribution is 2.18. The number of hydrogen-bond donors (Lipinski definition) is 1. The van der Waals surface area contributed by atoms with Crippen LogP contribution in [-0.4, -0.2) is 25.5 Å². The molecule has 7 nitrogen and oxygen atoms in total. The van der Waals surface area contributed by atoms with E-state index in [1.807, 2.05) is 25.1 Å². The van der Waals surface area contributed by atoms with Gasteiger partial charge in [0.1, 0.15) is 5.82 Å². The molecule has 2 aromatic carbocycles. The Morgan fingerprint density at radius 2 is 1.87 bits per heavy atom. The molecule has 0 spiro atoms. The molecule has 0 aliphatic carbocycles. The largest absolute Gasteiger partial charge is 0.468 e. The van der Waals surface area contributed by atoms with Crippen LogP contribution < -0.4 is 10.1 Å². The number of nitrogens with zero attached hydrogens (tertiary/aromatic N) is 4. The van der Waals surface area contributed by atoms with Crippen LogP contribution in [0.5, 0.6) is 5.75 Å². The van der Waals surface area contributed by atoms with Gasteiger partial charge in [-0.05, 0) is 30.7 Å². The molecule has 1 amide bonds. The highest BCUT2D eigenvalue weighted by atomic mass is 19.1. The number of amides is 1. The van der Waals surface area contributed by atoms with Crippen molar-refractivity contribution in [2.75, 3.05) is 5.32 Å². The van der Waals surface area contributed by atoms with E-state index < -0.39 is 17.5 Å². The first-order valence-corrected chi connectivity index (χ1v) is 9.48. The fraction of sp³-hybridized carbons (Fsp3) is 0.136. The van der Waals surface area contributed by atoms with Gasteiger partial charge in [-0.1, -0.05) is 29.8 Å². The third-order valence-electron chi connectivity index (χ3n) is 4.43. The van der Waals surface area contributed by atoms with Gasteiger partial charge in [-0.2, -0.15) is 10.2 Å². The van der Waals surface area contributed by atoms with Crippen molar-refractivity contribution in [2.45, 2.75) is 20.2 Å². The molecule has 0 unspecified atom stereocenters. The zero-order valence-electron chi connectivity index (χ0n) is 16.6. The summed E-state index contributed by atoms with van der Waals surface area (Å²) in [7, 11) is 0. The summed E-state index contributed by atoms with van der Waals surface area (Å²) >= 11 is 0. The van der Waals surface area contributed by atoms with Crippen LogP contribution in [0.15, 0.2) is 67.0 Å². The van der Waals surface area contributed by atoms with Crippen molar-refractivity contribution in [1.29, 1.82) is 0 Å². The average Bonchev–Trinajstić information content (AvgIpc) is 3.37. The quantitative estimate of drug-likeness (QED) is 0.488. The summed E-state index contributed by atoms with van der Waals surface area (Å²) in [6.07, 6.45) is 3.30. The Labute approximate surface area is 176 Å². The fourth-order valence-electron chi connectivity index (χ4n) is 2.98. The highest BCUT2D eigenvalue weighted by Gasteiger charge is 2.12. The average molecular weight is 423 g/mol. The van der Waals surface area contributed by atoms with Gasteiger partial charge in [0.05, 0.1) is 6.54 Å². The lowest BCUT2D eigenvalue weighted by atomic mass is 10.1. The lowest BCUT2D eigenvalue weighted by Gasteiger charge is -2.07. The molecule has 2 heterocycles. The standard InChI is InChI=1S/C22H19F2N5O2/c1-15-3-2-4-16(11-15)13-28-10-8-21(27-28)25-22(30)19-7-9-29(26-19)14-31-20-6-5-17(23)12-18(20)24/h2-12H,13-14H2,1H3,(H,25,27,30). The van der Waals surface area contributed by atoms with Gasteiger partial charge in [-0.3, -0.25) is 9.48 Å². The Balaban J connectivity index is 1.34. The summed E-state index contributed by atoms with van der Waals surface area (Å²) in [4.78, 5) is 12.4. The number of halogens is 2. The van der Waals surface area contributed by atoms with Crippen LogP contribution in [0.3, 0.4) is 0 Å². The van der Waals surface area contributed by atoms with Gasteiger partial charge in [0.25, 0.3) is 5.91 Å². The molecule has 4 rings (SSSR count). The summed E-state index contributed by atoms with van der Waals surface area (Å²) in [6.45, 7) is 2.48. The number of hydrogen-bond acceptors (Lipinski definition) is 4. The third kappa shape index (κ3) is 5.13. The Hall–Kier alpha value is -4.01. The minimum absolute atomic E-state index is 0.109. The summed E-state index contributed by atoms with van der Waals surface area (Å²) < 4.78 is 34.9. The van der Waals surface area contributed by atoms with Crippen LogP contribution >= 0.6 is 0 Å². The van der Waals surface area contributed by atoms with E-state index in [9.17, 15) is 13.6 Å². The maximum atomic E-state index is 13.6. The van der Waals surface area contributed by atoms with Crippen molar-refractivity contribution in [3.05, 3.63) is 95.4 Å². The first-order valence-electron chi connectivity index (χ1n) is 9.48. The Bertz CT molecular complexity index is 1220. The SMILES string of the molecule is Cc1cccc(Cn2ccc(NC(=O)c3ccn(COc4ccc(F)cc4F)n3)n2)c1. The maximum Gasteiger partial charge on any atom is 0.277 e. The molecule has 31 heavy (non-hydrogen) atoms. The van der Waals surface area contributed by atoms with Crippen molar-refractivity contribution < 1.29 is 18.3 Å². The number of nitrogens with one attached hydrogen (secondary N) is 1. The molecule has 0 radical (unpaired) electrons. The van der Waals surface area contributed by atoms with Gasteiger partial charge in [-0.15, -0.1) is 0 Å². The van der Waals surface area contributed by atoms with Crippen molar-refractivity contribution in [1.82, 2.24) is 19.6 Å². The molecular formula is C22H19F2N5O2. The Morgan fingerprint density at radius 1 is 1.03 bits per heavy atom. The number of carbonyl (C=O) groups excluding carboxylic acids is 1. The van der Waals surface area contributed by atoms with Crippen molar-refractivity contribution in [3.8, 4) is 5.75 Å². The molecule has 0 saturated heterocycles. The lowest BCUT2D eigenvalue weighted by Crippen LogP contribution is -2.15. The molecule has 9 heteroatoms. The Morgan fingerprint density at radius 3 is 2.68 bits per heavy atom. The van der Waals surface area contributed by atoms with Crippen molar-refractivity contribution in [2.24, 2.45) is 0 Å². The van der Waals surface area contributed by atoms with Crippen molar-refractivity contribution >= 4 is 11.7 Å². The fourth-order valence-corrected chi connectivity index (χ4v) is 2.98. The topological polar surface area (TPSA) is 74.0 Å². The highest BCUT2D eigenvalue weighted by molar-refractivity contribution is 6.02. The summed E-state index contributed by atoms with van der Waals surface area (Å²) in [5.74, 6) is -1.65. The minimum atomic E-state index is -0.814. The number of aryl methyl sites for hydroxylation is 1. The molecule has 0 bridgehead atoms. The van der Waals surface area contributed by atoms with Gasteiger partial charge in [-0.25, -0.2) is 13.5 Å². The monoisotopic (exact) mass is 423 g/mol. The van der Waals surface area contributed by atoms with Gasteiger partial charge < -0.3 is 10.1 Å². The van der Waals surface area contributed by atoms with Crippen molar-refractivity contribution in [3.63, 3.8) is 0 Å². The summed E-state index contributed by atoms with van der Waals surface area (Å²) in [5.41, 5.74) is 2.42. The van der Waals surface area contributed by atoms with E-state index in [0.717, 1.165) is 17.7 Å². The molecule has 0 aliphatic heterocycles. The molecular weight excluding hydrogens is 404 g/mol. The predicted octanol–water partition coefficient (Wildman–Crippen LogP) is 4.00. The number of rotatable bonds is 7. The first-order chi connectivity index (χ1) is 15.0. The normalized spacial score (nSPS) is 10.8. The van der Waals surface area contributed by atoms with Crippen LogP contribution in [0, 0.1) is 18.6 Å². The Kier molecular flexibility index (Phi) is 5.74. The molecule has 4 aromatic rings. The minimum Gasteiger partial charge on any atom is -0.468 e. The third-order valence-corrected chi connectivity index (χ3v) is 4.43. The van der Waals surface area contributed by atoms with E-state index in [0.29, 0.717) is 12.4 Å². The second kappa shape index (κ2) is 8.78. The predicted molar refractivity (Wildman–Crippen MR) is 110 cm³/mol. The van der Waals surface area contributed by atoms with Crippen LogP contribution in [0.25, 0.3) is 0 Å². The number of carbonyl (C=O) groups is 1. The van der Waals surface area contributed by atoms with Crippen LogP contribution in [0.1, 0.15) is 21.6 Å².